The van der Waals surface area contributed by atoms with E-state index in [-0.39, 0.29) is 0 Å². The molecule has 0 aliphatic carbocycles. The number of carbonyl (C=O) groups is 1. The number of nitrogens with one attached hydrogen (secondary N) is 1. The van der Waals surface area contributed by atoms with Crippen LogP contribution in [0.25, 0.3) is 0 Å². The molecule has 0 amide bonds. The van der Waals surface area contributed by atoms with Gasteiger partial charge in [0.2, 0.25) is 0 Å². The van der Waals surface area contributed by atoms with Gasteiger partial charge in [0.25, 0.3) is 0 Å². The van der Waals surface area contributed by atoms with Crippen LogP contribution in [0, 0.1) is 17.3 Å². The van der Waals surface area contributed by atoms with Crippen molar-refractivity contribution in [1.29, 1.82) is 5.41 Å². The molecule has 0 unspecified atom stereocenters. The van der Waals surface area contributed by atoms with E-state index in [0.29, 0.717) is 11.1 Å². The molecule has 0 aliphatic heterocycles. The second-order valence-electron chi connectivity index (χ2n) is 2.32. The van der Waals surface area contributed by atoms with Crippen LogP contribution in [0.4, 0.5) is 0 Å². The largest absolute Gasteiger partial charge is 0.472 e. The minimum atomic E-state index is -1.15. The zero-order valence-corrected chi connectivity index (χ0v) is 6.74. The summed E-state index contributed by atoms with van der Waals surface area (Å²) in [4.78, 5) is 10.1. The van der Waals surface area contributed by atoms with Crippen molar-refractivity contribution in [2.24, 2.45) is 0 Å². The average Bonchev–Trinajstić information content (AvgIpc) is 2.15. The van der Waals surface area contributed by atoms with Gasteiger partial charge in [-0.05, 0) is 17.7 Å². The molecule has 0 aliphatic rings. The summed E-state index contributed by atoms with van der Waals surface area (Å²) < 4.78 is 0. The van der Waals surface area contributed by atoms with Gasteiger partial charge < -0.3 is 10.5 Å². The second kappa shape index (κ2) is 4.07. The van der Waals surface area contributed by atoms with Crippen molar-refractivity contribution in [2.45, 2.75) is 0 Å². The number of benzene rings is 1. The summed E-state index contributed by atoms with van der Waals surface area (Å²) in [6, 6.07) is 6.83. The molecule has 1 aromatic carbocycles. The number of aliphatic carboxylic acids is 1. The van der Waals surface area contributed by atoms with E-state index in [4.69, 9.17) is 10.5 Å². The Hall–Kier alpha value is -2.08. The van der Waals surface area contributed by atoms with Gasteiger partial charge in [-0.2, -0.15) is 0 Å². The van der Waals surface area contributed by atoms with E-state index in [1.807, 2.05) is 5.92 Å². The van der Waals surface area contributed by atoms with Crippen LogP contribution in [0.1, 0.15) is 11.1 Å². The fraction of sp³-hybridized carbons (Fsp3) is 0. The van der Waals surface area contributed by atoms with Gasteiger partial charge in [0.05, 0.1) is 0 Å². The lowest BCUT2D eigenvalue weighted by Gasteiger charge is -1.91. The molecule has 0 fully saturated rings. The predicted octanol–water partition coefficient (Wildman–Crippen LogP) is 1.12. The van der Waals surface area contributed by atoms with Gasteiger partial charge in [0.15, 0.2) is 0 Å². The van der Waals surface area contributed by atoms with E-state index in [2.05, 4.69) is 5.92 Å². The van der Waals surface area contributed by atoms with Crippen molar-refractivity contribution in [3.8, 4) is 11.8 Å². The maximum atomic E-state index is 10.1. The molecule has 64 valence electrons. The fourth-order valence-electron chi connectivity index (χ4n) is 0.832. The van der Waals surface area contributed by atoms with Crippen molar-refractivity contribution in [3.05, 3.63) is 35.4 Å². The highest BCUT2D eigenvalue weighted by Crippen LogP contribution is 2.00. The molecule has 0 radical (unpaired) electrons. The van der Waals surface area contributed by atoms with E-state index >= 15 is 0 Å². The van der Waals surface area contributed by atoms with Crippen molar-refractivity contribution < 1.29 is 9.90 Å². The molecular weight excluding hydrogens is 166 g/mol. The number of carboxylic acids is 1. The van der Waals surface area contributed by atoms with Gasteiger partial charge in [-0.3, -0.25) is 0 Å². The summed E-state index contributed by atoms with van der Waals surface area (Å²) in [5.74, 6) is 3.32. The summed E-state index contributed by atoms with van der Waals surface area (Å²) in [5.41, 5.74) is 1.31. The molecule has 0 atom stereocenters. The Morgan fingerprint density at radius 1 is 1.54 bits per heavy atom. The lowest BCUT2D eigenvalue weighted by molar-refractivity contribution is -0.130. The zero-order valence-electron chi connectivity index (χ0n) is 6.74. The first-order valence-electron chi connectivity index (χ1n) is 3.58. The van der Waals surface area contributed by atoms with Gasteiger partial charge in [-0.1, -0.05) is 18.1 Å². The Balaban J connectivity index is 2.98. The first-order valence-corrected chi connectivity index (χ1v) is 3.58. The van der Waals surface area contributed by atoms with Crippen molar-refractivity contribution in [1.82, 2.24) is 0 Å². The number of hydrogen-bond acceptors (Lipinski definition) is 2. The highest BCUT2D eigenvalue weighted by Gasteiger charge is 1.90. The molecule has 0 aromatic heterocycles. The van der Waals surface area contributed by atoms with Crippen molar-refractivity contribution in [3.63, 3.8) is 0 Å². The Kier molecular flexibility index (Phi) is 2.82. The molecule has 0 saturated carbocycles. The number of carboxylic acid groups (broad SMARTS) is 1. The Morgan fingerprint density at radius 3 is 2.92 bits per heavy atom. The Labute approximate surface area is 75.5 Å². The summed E-state index contributed by atoms with van der Waals surface area (Å²) >= 11 is 0. The third kappa shape index (κ3) is 2.80. The van der Waals surface area contributed by atoms with Crippen LogP contribution in [-0.4, -0.2) is 17.3 Å². The van der Waals surface area contributed by atoms with Gasteiger partial charge in [0, 0.05) is 17.7 Å². The fourth-order valence-corrected chi connectivity index (χ4v) is 0.832. The molecule has 0 saturated heterocycles. The molecule has 0 bridgehead atoms. The molecule has 3 nitrogen and oxygen atoms in total. The first kappa shape index (κ1) is 9.01. The molecule has 3 heteroatoms. The maximum Gasteiger partial charge on any atom is 0.382 e. The van der Waals surface area contributed by atoms with Crippen LogP contribution < -0.4 is 0 Å². The lowest BCUT2D eigenvalue weighted by atomic mass is 10.1. The monoisotopic (exact) mass is 173 g/mol. The van der Waals surface area contributed by atoms with Gasteiger partial charge in [-0.15, -0.1) is 0 Å². The SMILES string of the molecule is N=Cc1cccc(C#CC(=O)O)c1. The second-order valence-corrected chi connectivity index (χ2v) is 2.32. The Morgan fingerprint density at radius 2 is 2.31 bits per heavy atom. The van der Waals surface area contributed by atoms with Gasteiger partial charge in [-0.25, -0.2) is 4.79 Å². The predicted molar refractivity (Wildman–Crippen MR) is 48.8 cm³/mol. The molecular formula is C10H7NO2. The highest BCUT2D eigenvalue weighted by atomic mass is 16.4. The van der Waals surface area contributed by atoms with Crippen molar-refractivity contribution >= 4 is 12.2 Å². The molecule has 2 N–H and O–H groups in total. The van der Waals surface area contributed by atoms with Crippen molar-refractivity contribution in [2.75, 3.05) is 0 Å². The third-order valence-corrected chi connectivity index (χ3v) is 1.37. The molecule has 0 spiro atoms. The minimum absolute atomic E-state index is 0.600. The Bertz CT molecular complexity index is 399. The highest BCUT2D eigenvalue weighted by molar-refractivity contribution is 5.87. The molecule has 1 aromatic rings. The summed E-state index contributed by atoms with van der Waals surface area (Å²) in [7, 11) is 0. The van der Waals surface area contributed by atoms with Crippen LogP contribution in [0.3, 0.4) is 0 Å². The van der Waals surface area contributed by atoms with Gasteiger partial charge >= 0.3 is 5.97 Å². The van der Waals surface area contributed by atoms with Crippen LogP contribution >= 0.6 is 0 Å². The van der Waals surface area contributed by atoms with E-state index in [1.54, 1.807) is 24.3 Å². The number of rotatable bonds is 1. The van der Waals surface area contributed by atoms with E-state index in [1.165, 1.54) is 6.21 Å². The number of hydrogen-bond donors (Lipinski definition) is 2. The smallest absolute Gasteiger partial charge is 0.382 e. The minimum Gasteiger partial charge on any atom is -0.472 e. The average molecular weight is 173 g/mol. The quantitative estimate of drug-likeness (QED) is 0.493. The van der Waals surface area contributed by atoms with E-state index in [0.717, 1.165) is 0 Å². The van der Waals surface area contributed by atoms with Crippen LogP contribution in [0.2, 0.25) is 0 Å². The van der Waals surface area contributed by atoms with Crippen LogP contribution in [-0.2, 0) is 4.79 Å². The standard InChI is InChI=1S/C10H7NO2/c11-7-9-3-1-2-8(6-9)4-5-10(12)13/h1-3,6-7,11H,(H,12,13). The zero-order chi connectivity index (χ0) is 9.68. The summed E-state index contributed by atoms with van der Waals surface area (Å²) in [5, 5.41) is 15.3. The third-order valence-electron chi connectivity index (χ3n) is 1.37. The van der Waals surface area contributed by atoms with Gasteiger partial charge in [0.1, 0.15) is 0 Å². The van der Waals surface area contributed by atoms with E-state index in [9.17, 15) is 4.79 Å². The van der Waals surface area contributed by atoms with Crippen LogP contribution in [0.15, 0.2) is 24.3 Å². The first-order chi connectivity index (χ1) is 6.22. The molecule has 1 rings (SSSR count). The molecule has 13 heavy (non-hydrogen) atoms. The van der Waals surface area contributed by atoms with Crippen LogP contribution in [0.5, 0.6) is 0 Å². The maximum absolute atomic E-state index is 10.1. The normalized spacial score (nSPS) is 8.31. The van der Waals surface area contributed by atoms with E-state index < -0.39 is 5.97 Å². The molecule has 0 heterocycles. The lowest BCUT2D eigenvalue weighted by Crippen LogP contribution is -1.87. The summed E-state index contributed by atoms with van der Waals surface area (Å²) in [6.45, 7) is 0. The summed E-state index contributed by atoms with van der Waals surface area (Å²) in [6.07, 6.45) is 1.19. The topological polar surface area (TPSA) is 61.2 Å².